The van der Waals surface area contributed by atoms with Crippen molar-refractivity contribution in [3.63, 3.8) is 0 Å². The van der Waals surface area contributed by atoms with E-state index in [9.17, 15) is 19.0 Å². The zero-order valence-electron chi connectivity index (χ0n) is 51.2. The van der Waals surface area contributed by atoms with E-state index in [1.807, 2.05) is 0 Å². The van der Waals surface area contributed by atoms with Crippen LogP contribution in [0.2, 0.25) is 0 Å². The minimum absolute atomic E-state index is 0.0551. The Morgan fingerprint density at radius 1 is 0.397 bits per heavy atom. The van der Waals surface area contributed by atoms with Gasteiger partial charge in [-0.15, -0.1) is 0 Å². The predicted molar refractivity (Wildman–Crippen MR) is 335 cm³/mol. The van der Waals surface area contributed by atoms with Crippen LogP contribution in [-0.4, -0.2) is 49.3 Å². The van der Waals surface area contributed by atoms with E-state index in [-0.39, 0.29) is 38.6 Å². The molecule has 3 N–H and O–H groups in total. The Morgan fingerprint density at radius 2 is 0.705 bits per heavy atom. The van der Waals surface area contributed by atoms with Crippen molar-refractivity contribution in [2.75, 3.05) is 26.4 Å². The number of carbonyl (C=O) groups excluding carboxylic acids is 2. The van der Waals surface area contributed by atoms with Gasteiger partial charge in [0.2, 0.25) is 0 Å². The van der Waals surface area contributed by atoms with Crippen LogP contribution in [0.4, 0.5) is 0 Å². The number of hydrogen-bond acceptors (Lipinski definition) is 8. The van der Waals surface area contributed by atoms with Gasteiger partial charge in [-0.3, -0.25) is 18.6 Å². The molecule has 0 aliphatic rings. The fourth-order valence-electron chi connectivity index (χ4n) is 9.79. The van der Waals surface area contributed by atoms with Crippen LogP contribution in [0.25, 0.3) is 0 Å². The summed E-state index contributed by atoms with van der Waals surface area (Å²) in [5, 5.41) is 0. The summed E-state index contributed by atoms with van der Waals surface area (Å²) in [5.41, 5.74) is 5.40. The largest absolute Gasteiger partial charge is 0.472 e. The number of ether oxygens (including phenoxy) is 2. The van der Waals surface area contributed by atoms with E-state index in [0.717, 1.165) is 64.2 Å². The first-order chi connectivity index (χ1) is 38.3. The van der Waals surface area contributed by atoms with Crippen molar-refractivity contribution in [2.45, 2.75) is 335 Å². The Kier molecular flexibility index (Phi) is 62.0. The molecule has 10 heteroatoms. The van der Waals surface area contributed by atoms with E-state index < -0.39 is 26.5 Å². The average Bonchev–Trinajstić information content (AvgIpc) is 3.43. The van der Waals surface area contributed by atoms with Crippen molar-refractivity contribution in [1.29, 1.82) is 0 Å². The van der Waals surface area contributed by atoms with Gasteiger partial charge in [0.25, 0.3) is 0 Å². The van der Waals surface area contributed by atoms with Crippen LogP contribution in [0.15, 0.2) is 60.8 Å². The van der Waals surface area contributed by atoms with Crippen molar-refractivity contribution in [3.05, 3.63) is 60.8 Å². The summed E-state index contributed by atoms with van der Waals surface area (Å²) in [5.74, 6) is -0.808. The summed E-state index contributed by atoms with van der Waals surface area (Å²) in [6, 6.07) is 0. The van der Waals surface area contributed by atoms with Crippen LogP contribution in [0, 0.1) is 0 Å². The maximum absolute atomic E-state index is 12.7. The molecule has 0 bridgehead atoms. The zero-order valence-corrected chi connectivity index (χ0v) is 52.1. The molecule has 0 aliphatic heterocycles. The fourth-order valence-corrected chi connectivity index (χ4v) is 10.6. The Balaban J connectivity index is 3.84. The molecule has 0 amide bonds. The van der Waals surface area contributed by atoms with Gasteiger partial charge in [-0.2, -0.15) is 0 Å². The molecule has 0 heterocycles. The molecule has 2 unspecified atom stereocenters. The number of esters is 2. The Morgan fingerprint density at radius 3 is 1.05 bits per heavy atom. The van der Waals surface area contributed by atoms with Gasteiger partial charge < -0.3 is 20.1 Å². The maximum Gasteiger partial charge on any atom is 0.472 e. The molecular formula is C68H126NO8P. The van der Waals surface area contributed by atoms with E-state index in [1.165, 1.54) is 231 Å². The number of carbonyl (C=O) groups is 2. The summed E-state index contributed by atoms with van der Waals surface area (Å²) < 4.78 is 33.1. The van der Waals surface area contributed by atoms with Crippen LogP contribution in [-0.2, 0) is 32.7 Å². The summed E-state index contributed by atoms with van der Waals surface area (Å²) in [6.45, 7) is 3.69. The standard InChI is InChI=1S/C68H126NO8P/c1-3-5-7-9-11-13-15-17-19-21-23-25-27-28-29-30-31-32-33-34-35-36-37-38-39-41-43-45-47-49-51-53-55-57-59-61-68(71)77-66(65-76-78(72,73)75-63-62-69)64-74-67(70)60-58-56-54-52-50-48-46-44-42-40-26-24-22-20-18-16-14-12-10-8-6-4-2/h5,7,11,13,17,19,23,25,28-29,66H,3-4,6,8-10,12,14-16,18,20-22,24,26-27,30-65,69H2,1-2H3,(H,72,73)/b7-5-,13-11-,19-17-,25-23-,29-28-. The predicted octanol–water partition coefficient (Wildman–Crippen LogP) is 21.5. The number of allylic oxidation sites excluding steroid dienone is 10. The molecule has 0 aliphatic carbocycles. The molecular weight excluding hydrogens is 990 g/mol. The average molecular weight is 1120 g/mol. The van der Waals surface area contributed by atoms with Crippen molar-refractivity contribution in [1.82, 2.24) is 0 Å². The third-order valence-electron chi connectivity index (χ3n) is 14.7. The second-order valence-electron chi connectivity index (χ2n) is 22.3. The second-order valence-corrected chi connectivity index (χ2v) is 23.8. The number of rotatable bonds is 63. The summed E-state index contributed by atoms with van der Waals surface area (Å²) in [4.78, 5) is 35.3. The van der Waals surface area contributed by atoms with Crippen molar-refractivity contribution in [3.8, 4) is 0 Å². The van der Waals surface area contributed by atoms with Gasteiger partial charge in [-0.1, -0.05) is 319 Å². The molecule has 456 valence electrons. The SMILES string of the molecule is CC/C=C\C/C=C\C/C=C\C/C=C\C/C=C\CCCCCCCCCCCCCCCCCCCCCC(=O)OC(COC(=O)CCCCCCCCCCCCCCCCCCCCCCCC)COP(=O)(O)OCCN. The molecule has 0 rings (SSSR count). The van der Waals surface area contributed by atoms with Crippen molar-refractivity contribution >= 4 is 19.8 Å². The van der Waals surface area contributed by atoms with Crippen LogP contribution >= 0.6 is 7.82 Å². The lowest BCUT2D eigenvalue weighted by atomic mass is 10.0. The number of phosphoric ester groups is 1. The highest BCUT2D eigenvalue weighted by Crippen LogP contribution is 2.43. The first-order valence-corrected chi connectivity index (χ1v) is 34.8. The number of phosphoric acid groups is 1. The highest BCUT2D eigenvalue weighted by molar-refractivity contribution is 7.47. The number of nitrogens with two attached hydrogens (primary N) is 1. The highest BCUT2D eigenvalue weighted by Gasteiger charge is 2.26. The number of hydrogen-bond donors (Lipinski definition) is 2. The molecule has 0 aromatic heterocycles. The molecule has 0 aromatic carbocycles. The first kappa shape index (κ1) is 75.7. The first-order valence-electron chi connectivity index (χ1n) is 33.3. The molecule has 0 fully saturated rings. The molecule has 0 aromatic rings. The monoisotopic (exact) mass is 1120 g/mol. The van der Waals surface area contributed by atoms with Crippen LogP contribution in [0.5, 0.6) is 0 Å². The van der Waals surface area contributed by atoms with Gasteiger partial charge in [0.15, 0.2) is 6.10 Å². The van der Waals surface area contributed by atoms with Gasteiger partial charge >= 0.3 is 19.8 Å². The summed E-state index contributed by atoms with van der Waals surface area (Å²) >= 11 is 0. The zero-order chi connectivity index (χ0) is 56.6. The normalized spacial score (nSPS) is 13.3. The van der Waals surface area contributed by atoms with Gasteiger partial charge in [0, 0.05) is 19.4 Å². The molecule has 0 radical (unpaired) electrons. The van der Waals surface area contributed by atoms with Crippen LogP contribution < -0.4 is 5.73 Å². The summed E-state index contributed by atoms with van der Waals surface area (Å²) in [7, 11) is -4.39. The maximum atomic E-state index is 12.7. The molecule has 78 heavy (non-hydrogen) atoms. The van der Waals surface area contributed by atoms with Crippen LogP contribution in [0.3, 0.4) is 0 Å². The smallest absolute Gasteiger partial charge is 0.462 e. The topological polar surface area (TPSA) is 134 Å². The van der Waals surface area contributed by atoms with Crippen molar-refractivity contribution in [2.24, 2.45) is 5.73 Å². The van der Waals surface area contributed by atoms with E-state index in [2.05, 4.69) is 74.6 Å². The third-order valence-corrected chi connectivity index (χ3v) is 15.7. The van der Waals surface area contributed by atoms with E-state index in [1.54, 1.807) is 0 Å². The molecule has 2 atom stereocenters. The van der Waals surface area contributed by atoms with Gasteiger partial charge in [-0.05, 0) is 57.8 Å². The third kappa shape index (κ3) is 62.9. The summed E-state index contributed by atoms with van der Waals surface area (Å²) in [6.07, 6.45) is 81.6. The van der Waals surface area contributed by atoms with Gasteiger partial charge in [0.1, 0.15) is 6.61 Å². The molecule has 0 spiro atoms. The minimum atomic E-state index is -4.39. The molecule has 0 saturated heterocycles. The van der Waals surface area contributed by atoms with Gasteiger partial charge in [-0.25, -0.2) is 4.57 Å². The van der Waals surface area contributed by atoms with E-state index in [0.29, 0.717) is 6.42 Å². The lowest BCUT2D eigenvalue weighted by Gasteiger charge is -2.19. The van der Waals surface area contributed by atoms with E-state index in [4.69, 9.17) is 24.3 Å². The fraction of sp³-hybridized carbons (Fsp3) is 0.824. The van der Waals surface area contributed by atoms with E-state index >= 15 is 0 Å². The number of unbranched alkanes of at least 4 members (excludes halogenated alkanes) is 40. The lowest BCUT2D eigenvalue weighted by molar-refractivity contribution is -0.161. The highest BCUT2D eigenvalue weighted by atomic mass is 31.2. The Bertz CT molecular complexity index is 1460. The Hall–Kier alpha value is -2.29. The van der Waals surface area contributed by atoms with Crippen LogP contribution in [0.1, 0.15) is 328 Å². The molecule has 9 nitrogen and oxygen atoms in total. The molecule has 0 saturated carbocycles. The Labute approximate surface area is 482 Å². The quantitative estimate of drug-likeness (QED) is 0.0264. The van der Waals surface area contributed by atoms with Gasteiger partial charge in [0.05, 0.1) is 13.2 Å². The van der Waals surface area contributed by atoms with Crippen molar-refractivity contribution < 1.29 is 37.6 Å². The lowest BCUT2D eigenvalue weighted by Crippen LogP contribution is -2.29. The minimum Gasteiger partial charge on any atom is -0.462 e. The second kappa shape index (κ2) is 63.9.